The topological polar surface area (TPSA) is 123 Å². The molecular weight excluding hydrogens is 461 g/mol. The SMILES string of the molecule is O=C1NC(=O)N(c2ccc(Cl)cc2)C(=O)/C1=C\c1ccc(-c2ccc(Cl)cc2[N+](=O)[O-])o1. The Labute approximate surface area is 190 Å². The van der Waals surface area contributed by atoms with Crippen LogP contribution in [0.4, 0.5) is 16.2 Å². The Morgan fingerprint density at radius 2 is 1.66 bits per heavy atom. The van der Waals surface area contributed by atoms with Crippen LogP contribution in [0.2, 0.25) is 10.0 Å². The number of nitrogens with zero attached hydrogens (tertiary/aromatic N) is 2. The van der Waals surface area contributed by atoms with Crippen LogP contribution in [0.1, 0.15) is 5.76 Å². The van der Waals surface area contributed by atoms with Crippen LogP contribution in [0.15, 0.2) is 64.6 Å². The van der Waals surface area contributed by atoms with Crippen molar-refractivity contribution in [2.75, 3.05) is 4.90 Å². The van der Waals surface area contributed by atoms with Crippen LogP contribution < -0.4 is 10.2 Å². The zero-order valence-corrected chi connectivity index (χ0v) is 17.4. The van der Waals surface area contributed by atoms with Gasteiger partial charge in [0.1, 0.15) is 17.1 Å². The van der Waals surface area contributed by atoms with E-state index in [1.807, 2.05) is 0 Å². The third-order valence-corrected chi connectivity index (χ3v) is 5.01. The van der Waals surface area contributed by atoms with E-state index < -0.39 is 22.8 Å². The summed E-state index contributed by atoms with van der Waals surface area (Å²) >= 11 is 11.7. The molecule has 9 nitrogen and oxygen atoms in total. The molecule has 11 heteroatoms. The van der Waals surface area contributed by atoms with Gasteiger partial charge in [-0.3, -0.25) is 25.0 Å². The number of nitrogens with one attached hydrogen (secondary N) is 1. The third-order valence-electron chi connectivity index (χ3n) is 4.52. The first-order chi connectivity index (χ1) is 15.2. The van der Waals surface area contributed by atoms with Gasteiger partial charge < -0.3 is 4.42 Å². The number of rotatable bonds is 4. The number of barbiturate groups is 1. The smallest absolute Gasteiger partial charge is 0.335 e. The first-order valence-corrected chi connectivity index (χ1v) is 9.71. The standard InChI is InChI=1S/C21H11Cl2N3O6/c22-11-1-4-13(5-2-11)25-20(28)16(19(27)24-21(25)29)10-14-6-8-18(32-14)15-7-3-12(23)9-17(15)26(30)31/h1-10H,(H,24,27,29)/b16-10-. The maximum atomic E-state index is 12.9. The fourth-order valence-corrected chi connectivity index (χ4v) is 3.36. The van der Waals surface area contributed by atoms with Gasteiger partial charge in [0, 0.05) is 16.1 Å². The minimum absolute atomic E-state index is 0.0770. The summed E-state index contributed by atoms with van der Waals surface area (Å²) in [6.07, 6.45) is 1.15. The molecule has 0 unspecified atom stereocenters. The molecule has 1 aromatic heterocycles. The molecule has 160 valence electrons. The number of amides is 4. The number of nitro groups is 1. The fraction of sp³-hybridized carbons (Fsp3) is 0. The second-order valence-electron chi connectivity index (χ2n) is 6.55. The van der Waals surface area contributed by atoms with Crippen LogP contribution in [-0.2, 0) is 9.59 Å². The Hall–Kier alpha value is -3.95. The molecule has 1 aliphatic rings. The molecule has 2 heterocycles. The summed E-state index contributed by atoms with van der Waals surface area (Å²) in [6, 6.07) is 12.0. The Morgan fingerprint density at radius 1 is 0.969 bits per heavy atom. The van der Waals surface area contributed by atoms with Crippen molar-refractivity contribution >= 4 is 58.5 Å². The lowest BCUT2D eigenvalue weighted by Crippen LogP contribution is -2.54. The number of carbonyl (C=O) groups excluding carboxylic acids is 3. The third kappa shape index (κ3) is 3.98. The van der Waals surface area contributed by atoms with Crippen LogP contribution in [0, 0.1) is 10.1 Å². The van der Waals surface area contributed by atoms with Gasteiger partial charge in [0.25, 0.3) is 17.5 Å². The Balaban J connectivity index is 1.70. The molecule has 0 radical (unpaired) electrons. The molecule has 0 saturated carbocycles. The number of nitro benzene ring substituents is 1. The summed E-state index contributed by atoms with van der Waals surface area (Å²) in [5.74, 6) is -1.56. The monoisotopic (exact) mass is 471 g/mol. The number of carbonyl (C=O) groups is 3. The molecule has 1 N–H and O–H groups in total. The van der Waals surface area contributed by atoms with Crippen molar-refractivity contribution in [2.24, 2.45) is 0 Å². The maximum absolute atomic E-state index is 12.9. The van der Waals surface area contributed by atoms with Gasteiger partial charge in [-0.15, -0.1) is 0 Å². The van der Waals surface area contributed by atoms with Crippen LogP contribution in [0.25, 0.3) is 17.4 Å². The maximum Gasteiger partial charge on any atom is 0.335 e. The number of imide groups is 2. The van der Waals surface area contributed by atoms with Crippen LogP contribution in [0.5, 0.6) is 0 Å². The first-order valence-electron chi connectivity index (χ1n) is 8.96. The van der Waals surface area contributed by atoms with Gasteiger partial charge in [-0.2, -0.15) is 0 Å². The predicted octanol–water partition coefficient (Wildman–Crippen LogP) is 4.83. The lowest BCUT2D eigenvalue weighted by atomic mass is 10.1. The molecule has 3 aromatic rings. The average molecular weight is 472 g/mol. The molecule has 1 saturated heterocycles. The number of benzene rings is 2. The lowest BCUT2D eigenvalue weighted by molar-refractivity contribution is -0.384. The zero-order chi connectivity index (χ0) is 23.0. The van der Waals surface area contributed by atoms with Crippen molar-refractivity contribution in [3.8, 4) is 11.3 Å². The largest absolute Gasteiger partial charge is 0.456 e. The molecule has 0 aliphatic carbocycles. The number of furan rings is 1. The van der Waals surface area contributed by atoms with Gasteiger partial charge in [0.2, 0.25) is 0 Å². The minimum Gasteiger partial charge on any atom is -0.456 e. The highest BCUT2D eigenvalue weighted by molar-refractivity contribution is 6.39. The summed E-state index contributed by atoms with van der Waals surface area (Å²) in [5.41, 5.74) is -0.239. The fourth-order valence-electron chi connectivity index (χ4n) is 3.06. The van der Waals surface area contributed by atoms with E-state index in [9.17, 15) is 24.5 Å². The van der Waals surface area contributed by atoms with Gasteiger partial charge in [-0.1, -0.05) is 23.2 Å². The van der Waals surface area contributed by atoms with E-state index in [0.29, 0.717) is 5.02 Å². The van der Waals surface area contributed by atoms with Crippen molar-refractivity contribution in [2.45, 2.75) is 0 Å². The van der Waals surface area contributed by atoms with Gasteiger partial charge in [-0.05, 0) is 54.6 Å². The summed E-state index contributed by atoms with van der Waals surface area (Å²) in [4.78, 5) is 48.9. The molecule has 0 bridgehead atoms. The highest BCUT2D eigenvalue weighted by atomic mass is 35.5. The summed E-state index contributed by atoms with van der Waals surface area (Å²) < 4.78 is 5.61. The Morgan fingerprint density at radius 3 is 2.34 bits per heavy atom. The van der Waals surface area contributed by atoms with E-state index in [2.05, 4.69) is 5.32 Å². The van der Waals surface area contributed by atoms with E-state index >= 15 is 0 Å². The van der Waals surface area contributed by atoms with E-state index in [0.717, 1.165) is 11.0 Å². The molecule has 0 atom stereocenters. The second-order valence-corrected chi connectivity index (χ2v) is 7.43. The average Bonchev–Trinajstić information content (AvgIpc) is 3.20. The Kier molecular flexibility index (Phi) is 5.52. The van der Waals surface area contributed by atoms with Crippen LogP contribution in [-0.4, -0.2) is 22.8 Å². The van der Waals surface area contributed by atoms with Crippen molar-refractivity contribution in [1.82, 2.24) is 5.32 Å². The molecule has 32 heavy (non-hydrogen) atoms. The summed E-state index contributed by atoms with van der Waals surface area (Å²) in [6.45, 7) is 0. The normalized spacial score (nSPS) is 15.2. The highest BCUT2D eigenvalue weighted by Gasteiger charge is 2.37. The zero-order valence-electron chi connectivity index (χ0n) is 15.9. The van der Waals surface area contributed by atoms with Crippen molar-refractivity contribution in [1.29, 1.82) is 0 Å². The van der Waals surface area contributed by atoms with E-state index in [1.165, 1.54) is 54.6 Å². The number of halogens is 2. The molecule has 1 fully saturated rings. The van der Waals surface area contributed by atoms with Crippen molar-refractivity contribution < 1.29 is 23.7 Å². The molecule has 2 aromatic carbocycles. The number of hydrogen-bond acceptors (Lipinski definition) is 6. The van der Waals surface area contributed by atoms with E-state index in [1.54, 1.807) is 0 Å². The van der Waals surface area contributed by atoms with Crippen LogP contribution in [0.3, 0.4) is 0 Å². The van der Waals surface area contributed by atoms with E-state index in [-0.39, 0.29) is 39.1 Å². The highest BCUT2D eigenvalue weighted by Crippen LogP contribution is 2.34. The molecule has 0 spiro atoms. The Bertz CT molecular complexity index is 1310. The quantitative estimate of drug-likeness (QED) is 0.251. The van der Waals surface area contributed by atoms with E-state index in [4.69, 9.17) is 27.6 Å². The van der Waals surface area contributed by atoms with Crippen LogP contribution >= 0.6 is 23.2 Å². The molecular formula is C21H11Cl2N3O6. The lowest BCUT2D eigenvalue weighted by Gasteiger charge is -2.26. The van der Waals surface area contributed by atoms with Crippen molar-refractivity contribution in [3.05, 3.63) is 86.1 Å². The summed E-state index contributed by atoms with van der Waals surface area (Å²) in [7, 11) is 0. The van der Waals surface area contributed by atoms with Gasteiger partial charge >= 0.3 is 6.03 Å². The summed E-state index contributed by atoms with van der Waals surface area (Å²) in [5, 5.41) is 14.0. The number of anilines is 1. The van der Waals surface area contributed by atoms with Gasteiger partial charge in [0.05, 0.1) is 16.2 Å². The van der Waals surface area contributed by atoms with Gasteiger partial charge in [-0.25, -0.2) is 9.69 Å². The van der Waals surface area contributed by atoms with Gasteiger partial charge in [0.15, 0.2) is 0 Å². The second kappa shape index (κ2) is 8.29. The number of urea groups is 1. The molecule has 4 amide bonds. The number of hydrogen-bond donors (Lipinski definition) is 1. The van der Waals surface area contributed by atoms with Crippen molar-refractivity contribution in [3.63, 3.8) is 0 Å². The first kappa shape index (κ1) is 21.3. The molecule has 4 rings (SSSR count). The predicted molar refractivity (Wildman–Crippen MR) is 116 cm³/mol. The minimum atomic E-state index is -0.906. The molecule has 1 aliphatic heterocycles.